The van der Waals surface area contributed by atoms with Crippen molar-refractivity contribution in [1.29, 1.82) is 0 Å². The lowest BCUT2D eigenvalue weighted by molar-refractivity contribution is -0.126. The second kappa shape index (κ2) is 4.98. The summed E-state index contributed by atoms with van der Waals surface area (Å²) in [5, 5.41) is 3.46. The van der Waals surface area contributed by atoms with Crippen molar-refractivity contribution in [2.24, 2.45) is 10.4 Å². The van der Waals surface area contributed by atoms with Crippen molar-refractivity contribution in [1.82, 2.24) is 5.32 Å². The Bertz CT molecular complexity index is 518. The fourth-order valence-corrected chi connectivity index (χ4v) is 2.05. The molecule has 2 rings (SSSR count). The number of thioether (sulfide) groups is 1. The van der Waals surface area contributed by atoms with Crippen molar-refractivity contribution >= 4 is 28.9 Å². The van der Waals surface area contributed by atoms with Gasteiger partial charge in [-0.25, -0.2) is 4.99 Å². The van der Waals surface area contributed by atoms with Crippen LogP contribution in [0.2, 0.25) is 0 Å². The molecule has 3 nitrogen and oxygen atoms in total. The summed E-state index contributed by atoms with van der Waals surface area (Å²) in [5.74, 6) is -0.0102. The summed E-state index contributed by atoms with van der Waals surface area (Å²) < 4.78 is 0. The van der Waals surface area contributed by atoms with Gasteiger partial charge in [-0.3, -0.25) is 4.79 Å². The molecule has 0 saturated carbocycles. The summed E-state index contributed by atoms with van der Waals surface area (Å²) >= 11 is 1.44. The summed E-state index contributed by atoms with van der Waals surface area (Å²) in [4.78, 5) is 16.5. The summed E-state index contributed by atoms with van der Waals surface area (Å²) in [7, 11) is 0. The van der Waals surface area contributed by atoms with Crippen LogP contribution >= 0.6 is 11.8 Å². The van der Waals surface area contributed by atoms with E-state index < -0.39 is 5.41 Å². The van der Waals surface area contributed by atoms with Crippen LogP contribution in [0, 0.1) is 5.41 Å². The molecule has 0 saturated heterocycles. The minimum absolute atomic E-state index is 0.0102. The predicted octanol–water partition coefficient (Wildman–Crippen LogP) is 2.90. The number of aliphatic imine (C=N–C) groups is 1. The Balaban J connectivity index is 2.46. The number of hydrogen-bond acceptors (Lipinski definition) is 3. The largest absolute Gasteiger partial charge is 0.304 e. The normalized spacial score (nSPS) is 20.5. The summed E-state index contributed by atoms with van der Waals surface area (Å²) in [6.07, 6.45) is 3.87. The van der Waals surface area contributed by atoms with E-state index in [2.05, 4.69) is 10.3 Å². The summed E-state index contributed by atoms with van der Waals surface area (Å²) in [5.41, 5.74) is 1.25. The molecule has 1 aromatic rings. The molecule has 18 heavy (non-hydrogen) atoms. The molecule has 94 valence electrons. The number of benzene rings is 1. The monoisotopic (exact) mass is 260 g/mol. The van der Waals surface area contributed by atoms with Crippen LogP contribution in [-0.2, 0) is 4.79 Å². The molecular formula is C14H16N2OS. The zero-order valence-corrected chi connectivity index (χ0v) is 11.5. The Kier molecular flexibility index (Phi) is 3.57. The average Bonchev–Trinajstić information content (AvgIpc) is 2.36. The lowest BCUT2D eigenvalue weighted by Gasteiger charge is -2.29. The molecule has 0 unspecified atom stereocenters. The van der Waals surface area contributed by atoms with Gasteiger partial charge in [0, 0.05) is 0 Å². The van der Waals surface area contributed by atoms with Crippen LogP contribution in [-0.4, -0.2) is 17.3 Å². The van der Waals surface area contributed by atoms with Crippen LogP contribution in [0.5, 0.6) is 0 Å². The predicted molar refractivity (Wildman–Crippen MR) is 77.3 cm³/mol. The quantitative estimate of drug-likeness (QED) is 0.843. The standard InChI is InChI=1S/C14H16N2OS/c1-14(2)11(9-10-7-5-4-6-8-10)15-13(18-3)16-12(14)17/h4-9H,1-3H3,(H,15,16,17)/b11-9-. The average molecular weight is 260 g/mol. The van der Waals surface area contributed by atoms with Crippen LogP contribution in [0.4, 0.5) is 0 Å². The van der Waals surface area contributed by atoms with Gasteiger partial charge >= 0.3 is 0 Å². The number of nitrogens with one attached hydrogen (secondary N) is 1. The first-order valence-electron chi connectivity index (χ1n) is 5.75. The molecule has 1 aliphatic rings. The van der Waals surface area contributed by atoms with Gasteiger partial charge in [-0.1, -0.05) is 42.1 Å². The maximum absolute atomic E-state index is 12.0. The molecule has 0 atom stereocenters. The molecule has 0 radical (unpaired) electrons. The van der Waals surface area contributed by atoms with E-state index in [0.29, 0.717) is 5.17 Å². The van der Waals surface area contributed by atoms with Crippen molar-refractivity contribution in [3.8, 4) is 0 Å². The third kappa shape index (κ3) is 2.48. The summed E-state index contributed by atoms with van der Waals surface area (Å²) in [6.45, 7) is 3.77. The van der Waals surface area contributed by atoms with Crippen LogP contribution < -0.4 is 5.32 Å². The Hall–Kier alpha value is -1.55. The maximum atomic E-state index is 12.0. The smallest absolute Gasteiger partial charge is 0.237 e. The number of carbonyl (C=O) groups is 1. The van der Waals surface area contributed by atoms with Gasteiger partial charge in [0.25, 0.3) is 0 Å². The lowest BCUT2D eigenvalue weighted by Crippen LogP contribution is -2.44. The van der Waals surface area contributed by atoms with E-state index in [1.165, 1.54) is 11.8 Å². The number of rotatable bonds is 1. The second-order valence-corrected chi connectivity index (χ2v) is 5.44. The van der Waals surface area contributed by atoms with E-state index >= 15 is 0 Å². The third-order valence-electron chi connectivity index (χ3n) is 2.95. The first kappa shape index (κ1) is 12.9. The second-order valence-electron chi connectivity index (χ2n) is 4.64. The summed E-state index contributed by atoms with van der Waals surface area (Å²) in [6, 6.07) is 9.92. The van der Waals surface area contributed by atoms with Crippen LogP contribution in [0.1, 0.15) is 19.4 Å². The minimum atomic E-state index is -0.602. The maximum Gasteiger partial charge on any atom is 0.237 e. The number of amides is 1. The fourth-order valence-electron chi connectivity index (χ4n) is 1.66. The minimum Gasteiger partial charge on any atom is -0.304 e. The number of nitrogens with zero attached hydrogens (tertiary/aromatic N) is 1. The van der Waals surface area contributed by atoms with E-state index in [1.807, 2.05) is 56.5 Å². The van der Waals surface area contributed by atoms with E-state index in [0.717, 1.165) is 11.3 Å². The third-order valence-corrected chi connectivity index (χ3v) is 3.53. The van der Waals surface area contributed by atoms with Gasteiger partial charge in [0.15, 0.2) is 5.17 Å². The first-order chi connectivity index (χ1) is 8.54. The van der Waals surface area contributed by atoms with Crippen molar-refractivity contribution in [3.05, 3.63) is 41.6 Å². The Morgan fingerprint density at radius 3 is 2.56 bits per heavy atom. The molecule has 1 heterocycles. The molecule has 0 fully saturated rings. The van der Waals surface area contributed by atoms with Crippen molar-refractivity contribution in [3.63, 3.8) is 0 Å². The van der Waals surface area contributed by atoms with Gasteiger partial charge in [0.05, 0.1) is 11.1 Å². The zero-order chi connectivity index (χ0) is 13.2. The molecular weight excluding hydrogens is 244 g/mol. The van der Waals surface area contributed by atoms with Gasteiger partial charge < -0.3 is 5.32 Å². The molecule has 4 heteroatoms. The van der Waals surface area contributed by atoms with Gasteiger partial charge in [-0.15, -0.1) is 0 Å². The highest BCUT2D eigenvalue weighted by Crippen LogP contribution is 2.32. The van der Waals surface area contributed by atoms with Gasteiger partial charge in [0.1, 0.15) is 0 Å². The molecule has 0 aliphatic carbocycles. The highest BCUT2D eigenvalue weighted by Gasteiger charge is 2.36. The molecule has 1 N–H and O–H groups in total. The first-order valence-corrected chi connectivity index (χ1v) is 6.98. The fraction of sp³-hybridized carbons (Fsp3) is 0.286. The van der Waals surface area contributed by atoms with E-state index in [-0.39, 0.29) is 5.91 Å². The topological polar surface area (TPSA) is 41.5 Å². The number of hydrogen-bond donors (Lipinski definition) is 1. The van der Waals surface area contributed by atoms with Crippen molar-refractivity contribution in [2.45, 2.75) is 13.8 Å². The van der Waals surface area contributed by atoms with E-state index in [4.69, 9.17) is 0 Å². The van der Waals surface area contributed by atoms with Gasteiger partial charge in [0.2, 0.25) is 5.91 Å². The van der Waals surface area contributed by atoms with Crippen molar-refractivity contribution in [2.75, 3.05) is 6.26 Å². The molecule has 1 aliphatic heterocycles. The number of amidine groups is 1. The van der Waals surface area contributed by atoms with E-state index in [1.54, 1.807) is 0 Å². The molecule has 0 aromatic heterocycles. The Labute approximate surface area is 111 Å². The molecule has 1 amide bonds. The SMILES string of the molecule is CSC1=N/C(=C\c2ccccc2)C(C)(C)C(=O)N1. The highest BCUT2D eigenvalue weighted by atomic mass is 32.2. The molecule has 1 aromatic carbocycles. The number of carbonyl (C=O) groups excluding carboxylic acids is 1. The molecule has 0 bridgehead atoms. The van der Waals surface area contributed by atoms with Gasteiger partial charge in [-0.2, -0.15) is 0 Å². The van der Waals surface area contributed by atoms with Crippen LogP contribution in [0.15, 0.2) is 41.0 Å². The zero-order valence-electron chi connectivity index (χ0n) is 10.7. The lowest BCUT2D eigenvalue weighted by atomic mass is 9.86. The molecule has 0 spiro atoms. The van der Waals surface area contributed by atoms with Crippen LogP contribution in [0.25, 0.3) is 6.08 Å². The highest BCUT2D eigenvalue weighted by molar-refractivity contribution is 8.13. The van der Waals surface area contributed by atoms with Crippen LogP contribution in [0.3, 0.4) is 0 Å². The van der Waals surface area contributed by atoms with Gasteiger partial charge in [-0.05, 0) is 31.7 Å². The Morgan fingerprint density at radius 1 is 1.28 bits per heavy atom. The van der Waals surface area contributed by atoms with Crippen molar-refractivity contribution < 1.29 is 4.79 Å². The Morgan fingerprint density at radius 2 is 1.94 bits per heavy atom. The van der Waals surface area contributed by atoms with E-state index in [9.17, 15) is 4.79 Å².